The van der Waals surface area contributed by atoms with Crippen molar-refractivity contribution in [3.63, 3.8) is 0 Å². The van der Waals surface area contributed by atoms with Crippen LogP contribution in [0.5, 0.6) is 0 Å². The van der Waals surface area contributed by atoms with Crippen molar-refractivity contribution in [2.24, 2.45) is 0 Å². The van der Waals surface area contributed by atoms with Crippen LogP contribution in [0, 0.1) is 0 Å². The number of hydrogen-bond acceptors (Lipinski definition) is 3. The molecule has 0 spiro atoms. The normalized spacial score (nSPS) is 18.5. The van der Waals surface area contributed by atoms with E-state index in [0.29, 0.717) is 11.7 Å². The topological polar surface area (TPSA) is 69.9 Å². The summed E-state index contributed by atoms with van der Waals surface area (Å²) in [5.41, 5.74) is 6.96. The molecular formula is C13H24N4. The van der Waals surface area contributed by atoms with Gasteiger partial charge in [0.15, 0.2) is 0 Å². The van der Waals surface area contributed by atoms with Gasteiger partial charge in [-0.1, -0.05) is 40.0 Å². The van der Waals surface area contributed by atoms with Crippen molar-refractivity contribution < 1.29 is 0 Å². The highest BCUT2D eigenvalue weighted by Gasteiger charge is 2.28. The summed E-state index contributed by atoms with van der Waals surface area (Å²) in [4.78, 5) is 4.72. The van der Waals surface area contributed by atoms with Gasteiger partial charge >= 0.3 is 0 Å². The zero-order valence-electron chi connectivity index (χ0n) is 11.2. The van der Waals surface area contributed by atoms with Crippen LogP contribution in [0.1, 0.15) is 70.3 Å². The Hall–Kier alpha value is -1.19. The molecule has 1 saturated carbocycles. The van der Waals surface area contributed by atoms with Crippen LogP contribution in [0.2, 0.25) is 0 Å². The average molecular weight is 236 g/mol. The summed E-state index contributed by atoms with van der Waals surface area (Å²) in [5, 5.41) is 0. The van der Waals surface area contributed by atoms with Crippen molar-refractivity contribution in [1.29, 1.82) is 0 Å². The summed E-state index contributed by atoms with van der Waals surface area (Å²) >= 11 is 0. The van der Waals surface area contributed by atoms with Gasteiger partial charge in [0.1, 0.15) is 11.6 Å². The first-order valence-electron chi connectivity index (χ1n) is 6.55. The number of nitrogen functional groups attached to an aromatic ring is 2. The van der Waals surface area contributed by atoms with Crippen LogP contribution in [0.25, 0.3) is 0 Å². The van der Waals surface area contributed by atoms with Gasteiger partial charge in [-0.25, -0.2) is 9.66 Å². The third-order valence-electron chi connectivity index (χ3n) is 3.66. The Morgan fingerprint density at radius 1 is 1.18 bits per heavy atom. The van der Waals surface area contributed by atoms with Gasteiger partial charge in [-0.05, 0) is 12.8 Å². The maximum atomic E-state index is 6.07. The predicted molar refractivity (Wildman–Crippen MR) is 71.3 cm³/mol. The van der Waals surface area contributed by atoms with Crippen LogP contribution in [-0.2, 0) is 5.41 Å². The molecular weight excluding hydrogens is 212 g/mol. The fraction of sp³-hybridized carbons (Fsp3) is 0.769. The van der Waals surface area contributed by atoms with Gasteiger partial charge in [-0.3, -0.25) is 0 Å². The summed E-state index contributed by atoms with van der Waals surface area (Å²) in [6.45, 7) is 6.36. The van der Waals surface area contributed by atoms with Gasteiger partial charge in [-0.15, -0.1) is 0 Å². The highest BCUT2D eigenvalue weighted by Crippen LogP contribution is 2.35. The van der Waals surface area contributed by atoms with Gasteiger partial charge in [-0.2, -0.15) is 0 Å². The molecule has 0 amide bonds. The van der Waals surface area contributed by atoms with E-state index in [1.165, 1.54) is 32.1 Å². The van der Waals surface area contributed by atoms with Crippen molar-refractivity contribution in [3.05, 3.63) is 11.5 Å². The molecule has 4 heteroatoms. The second-order valence-corrected chi connectivity index (χ2v) is 6.16. The molecule has 0 atom stereocenters. The quantitative estimate of drug-likeness (QED) is 0.736. The monoisotopic (exact) mass is 236 g/mol. The summed E-state index contributed by atoms with van der Waals surface area (Å²) in [6, 6.07) is 0. The van der Waals surface area contributed by atoms with Crippen LogP contribution >= 0.6 is 0 Å². The van der Waals surface area contributed by atoms with E-state index in [-0.39, 0.29) is 5.41 Å². The van der Waals surface area contributed by atoms with Crippen molar-refractivity contribution in [3.8, 4) is 0 Å². The van der Waals surface area contributed by atoms with Crippen molar-refractivity contribution in [2.75, 3.05) is 11.6 Å². The van der Waals surface area contributed by atoms with E-state index in [4.69, 9.17) is 16.6 Å². The van der Waals surface area contributed by atoms with Crippen molar-refractivity contribution in [1.82, 2.24) is 9.66 Å². The van der Waals surface area contributed by atoms with Gasteiger partial charge < -0.3 is 11.6 Å². The van der Waals surface area contributed by atoms with E-state index in [0.717, 1.165) is 11.5 Å². The molecule has 1 aromatic rings. The Labute approximate surface area is 103 Å². The zero-order valence-corrected chi connectivity index (χ0v) is 11.2. The zero-order chi connectivity index (χ0) is 12.6. The minimum absolute atomic E-state index is 0.0435. The molecule has 1 aliphatic rings. The molecule has 0 radical (unpaired) electrons. The lowest BCUT2D eigenvalue weighted by Gasteiger charge is -2.20. The lowest BCUT2D eigenvalue weighted by Crippen LogP contribution is -2.20. The Bertz CT molecular complexity index is 394. The van der Waals surface area contributed by atoms with E-state index in [2.05, 4.69) is 20.8 Å². The predicted octanol–water partition coefficient (Wildman–Crippen LogP) is 2.52. The number of anilines is 1. The number of hydrogen-bond donors (Lipinski definition) is 2. The maximum Gasteiger partial charge on any atom is 0.146 e. The largest absolute Gasteiger partial charge is 0.382 e. The molecule has 0 aliphatic heterocycles. The molecule has 1 heterocycles. The molecule has 4 nitrogen and oxygen atoms in total. The fourth-order valence-electron chi connectivity index (χ4n) is 2.66. The molecule has 0 saturated heterocycles. The number of nitrogens with zero attached hydrogens (tertiary/aromatic N) is 2. The third-order valence-corrected chi connectivity index (χ3v) is 3.66. The third kappa shape index (κ3) is 2.26. The number of nitrogens with two attached hydrogens (primary N) is 2. The molecule has 1 aromatic heterocycles. The first kappa shape index (κ1) is 12.3. The average Bonchev–Trinajstić information content (AvgIpc) is 2.57. The Morgan fingerprint density at radius 2 is 1.76 bits per heavy atom. The van der Waals surface area contributed by atoms with E-state index >= 15 is 0 Å². The Kier molecular flexibility index (Phi) is 3.06. The minimum atomic E-state index is -0.0435. The summed E-state index contributed by atoms with van der Waals surface area (Å²) in [7, 11) is 0. The summed E-state index contributed by atoms with van der Waals surface area (Å²) in [6.07, 6.45) is 6.28. The fourth-order valence-corrected chi connectivity index (χ4v) is 2.66. The smallest absolute Gasteiger partial charge is 0.146 e. The molecule has 17 heavy (non-hydrogen) atoms. The molecule has 1 aliphatic carbocycles. The molecule has 0 unspecified atom stereocenters. The van der Waals surface area contributed by atoms with E-state index in [1.54, 1.807) is 4.68 Å². The van der Waals surface area contributed by atoms with Gasteiger partial charge in [0.25, 0.3) is 0 Å². The van der Waals surface area contributed by atoms with Crippen LogP contribution in [0.4, 0.5) is 5.82 Å². The molecule has 2 rings (SSSR count). The standard InChI is InChI=1S/C13H24N4/c1-13(2,3)10-11(14)17(15)12(16-10)9-7-5-4-6-8-9/h9H,4-8,14-15H2,1-3H3. The summed E-state index contributed by atoms with van der Waals surface area (Å²) < 4.78 is 1.61. The van der Waals surface area contributed by atoms with Crippen LogP contribution in [0.15, 0.2) is 0 Å². The molecule has 4 N–H and O–H groups in total. The number of aromatic nitrogens is 2. The van der Waals surface area contributed by atoms with Crippen LogP contribution < -0.4 is 11.6 Å². The minimum Gasteiger partial charge on any atom is -0.382 e. The van der Waals surface area contributed by atoms with Gasteiger partial charge in [0, 0.05) is 11.3 Å². The SMILES string of the molecule is CC(C)(C)c1nc(C2CCCCC2)n(N)c1N. The van der Waals surface area contributed by atoms with Gasteiger partial charge in [0.05, 0.1) is 5.69 Å². The number of imidazole rings is 1. The lowest BCUT2D eigenvalue weighted by atomic mass is 9.88. The second kappa shape index (κ2) is 4.24. The molecule has 96 valence electrons. The first-order chi connectivity index (χ1) is 7.91. The maximum absolute atomic E-state index is 6.07. The Balaban J connectivity index is 2.35. The Morgan fingerprint density at radius 3 is 2.24 bits per heavy atom. The van der Waals surface area contributed by atoms with E-state index < -0.39 is 0 Å². The molecule has 0 aromatic carbocycles. The summed E-state index contributed by atoms with van der Waals surface area (Å²) in [5.74, 6) is 8.15. The van der Waals surface area contributed by atoms with Gasteiger partial charge in [0.2, 0.25) is 0 Å². The van der Waals surface area contributed by atoms with Crippen LogP contribution in [0.3, 0.4) is 0 Å². The van der Waals surface area contributed by atoms with Crippen LogP contribution in [-0.4, -0.2) is 9.66 Å². The first-order valence-corrected chi connectivity index (χ1v) is 6.55. The number of rotatable bonds is 1. The highest BCUT2D eigenvalue weighted by atomic mass is 15.4. The second-order valence-electron chi connectivity index (χ2n) is 6.16. The molecule has 1 fully saturated rings. The van der Waals surface area contributed by atoms with Crippen molar-refractivity contribution >= 4 is 5.82 Å². The molecule has 0 bridgehead atoms. The lowest BCUT2D eigenvalue weighted by molar-refractivity contribution is 0.423. The van der Waals surface area contributed by atoms with Crippen molar-refractivity contribution in [2.45, 2.75) is 64.2 Å². The van der Waals surface area contributed by atoms with E-state index in [9.17, 15) is 0 Å². The van der Waals surface area contributed by atoms with E-state index in [1.807, 2.05) is 0 Å². The highest BCUT2D eigenvalue weighted by molar-refractivity contribution is 5.43.